The molecule has 0 saturated carbocycles. The Morgan fingerprint density at radius 1 is 1.20 bits per heavy atom. The highest BCUT2D eigenvalue weighted by molar-refractivity contribution is 7.98. The molecule has 0 radical (unpaired) electrons. The van der Waals surface area contributed by atoms with Crippen molar-refractivity contribution in [2.24, 2.45) is 5.92 Å². The Balaban J connectivity index is 1.88. The van der Waals surface area contributed by atoms with Gasteiger partial charge in [-0.1, -0.05) is 67.3 Å². The number of thioether (sulfide) groups is 1. The molecule has 0 aliphatic heterocycles. The summed E-state index contributed by atoms with van der Waals surface area (Å²) < 4.78 is 0.820. The van der Waals surface area contributed by atoms with E-state index in [1.54, 1.807) is 11.8 Å². The molecular weight excluding hydrogens is 354 g/mol. The van der Waals surface area contributed by atoms with Gasteiger partial charge in [0.05, 0.1) is 12.6 Å². The fourth-order valence-corrected chi connectivity index (χ4v) is 3.82. The fraction of sp³-hybridized carbons (Fsp3) is 0.353. The largest absolute Gasteiger partial charge is 0.394 e. The SMILES string of the molecule is CC(C)[C@H](CO)Nc1nc(SCc2ccccc2)nc2nc(N)sc12. The number of aromatic nitrogens is 3. The Morgan fingerprint density at radius 2 is 1.96 bits per heavy atom. The summed E-state index contributed by atoms with van der Waals surface area (Å²) in [6.07, 6.45) is 0. The van der Waals surface area contributed by atoms with Crippen molar-refractivity contribution >= 4 is 44.4 Å². The van der Waals surface area contributed by atoms with Crippen molar-refractivity contribution in [3.8, 4) is 0 Å². The van der Waals surface area contributed by atoms with E-state index in [-0.39, 0.29) is 18.6 Å². The number of anilines is 2. The molecule has 0 unspecified atom stereocenters. The monoisotopic (exact) mass is 375 g/mol. The Labute approximate surface area is 154 Å². The number of rotatable bonds is 7. The van der Waals surface area contributed by atoms with E-state index < -0.39 is 0 Å². The lowest BCUT2D eigenvalue weighted by Crippen LogP contribution is -2.30. The number of nitrogen functional groups attached to an aromatic ring is 1. The van der Waals surface area contributed by atoms with Crippen LogP contribution in [0.25, 0.3) is 10.3 Å². The highest BCUT2D eigenvalue weighted by Gasteiger charge is 2.18. The van der Waals surface area contributed by atoms with Crippen molar-refractivity contribution in [1.82, 2.24) is 15.0 Å². The molecule has 1 atom stereocenters. The summed E-state index contributed by atoms with van der Waals surface area (Å²) >= 11 is 2.91. The van der Waals surface area contributed by atoms with Crippen LogP contribution >= 0.6 is 23.1 Å². The van der Waals surface area contributed by atoms with Crippen LogP contribution in [-0.4, -0.2) is 32.7 Å². The van der Waals surface area contributed by atoms with Crippen molar-refractivity contribution in [2.45, 2.75) is 30.8 Å². The standard InChI is InChI=1S/C17H21N5OS2/c1-10(2)12(8-23)19-14-13-15(20-16(18)25-13)22-17(21-14)24-9-11-6-4-3-5-7-11/h3-7,10,12,23H,8-9H2,1-2H3,(H3,18,19,20,21,22)/t12-/m0/s1. The average Bonchev–Trinajstić information content (AvgIpc) is 2.98. The van der Waals surface area contributed by atoms with Crippen LogP contribution in [0.1, 0.15) is 19.4 Å². The van der Waals surface area contributed by atoms with E-state index in [1.165, 1.54) is 16.9 Å². The molecule has 3 aromatic rings. The third-order valence-electron chi connectivity index (χ3n) is 3.78. The smallest absolute Gasteiger partial charge is 0.191 e. The maximum atomic E-state index is 9.61. The predicted molar refractivity (Wildman–Crippen MR) is 105 cm³/mol. The van der Waals surface area contributed by atoms with Crippen LogP contribution in [0.4, 0.5) is 10.9 Å². The molecule has 6 nitrogen and oxygen atoms in total. The van der Waals surface area contributed by atoms with Gasteiger partial charge in [-0.05, 0) is 11.5 Å². The van der Waals surface area contributed by atoms with Gasteiger partial charge in [-0.3, -0.25) is 0 Å². The topological polar surface area (TPSA) is 97.0 Å². The molecule has 0 aliphatic rings. The fourth-order valence-electron chi connectivity index (χ4n) is 2.30. The molecule has 0 aliphatic carbocycles. The number of benzene rings is 1. The molecule has 3 rings (SSSR count). The first-order valence-corrected chi connectivity index (χ1v) is 9.85. The highest BCUT2D eigenvalue weighted by atomic mass is 32.2. The number of aliphatic hydroxyl groups excluding tert-OH is 1. The first-order valence-electron chi connectivity index (χ1n) is 8.05. The van der Waals surface area contributed by atoms with Crippen LogP contribution in [0.5, 0.6) is 0 Å². The molecule has 0 amide bonds. The summed E-state index contributed by atoms with van der Waals surface area (Å²) in [4.78, 5) is 13.5. The third-order valence-corrected chi connectivity index (χ3v) is 5.58. The zero-order valence-electron chi connectivity index (χ0n) is 14.1. The van der Waals surface area contributed by atoms with Crippen molar-refractivity contribution in [3.63, 3.8) is 0 Å². The Bertz CT molecular complexity index is 838. The van der Waals surface area contributed by atoms with Crippen LogP contribution in [-0.2, 0) is 5.75 Å². The van der Waals surface area contributed by atoms with Crippen molar-refractivity contribution in [3.05, 3.63) is 35.9 Å². The lowest BCUT2D eigenvalue weighted by atomic mass is 10.1. The van der Waals surface area contributed by atoms with Crippen LogP contribution in [0, 0.1) is 5.92 Å². The number of hydrogen-bond acceptors (Lipinski definition) is 8. The highest BCUT2D eigenvalue weighted by Crippen LogP contribution is 2.32. The summed E-state index contributed by atoms with van der Waals surface area (Å²) in [6, 6.07) is 10.1. The van der Waals surface area contributed by atoms with Crippen molar-refractivity contribution in [2.75, 3.05) is 17.7 Å². The number of nitrogens with zero attached hydrogens (tertiary/aromatic N) is 3. The van der Waals surface area contributed by atoms with Crippen LogP contribution < -0.4 is 11.1 Å². The Kier molecular flexibility index (Phi) is 5.72. The molecule has 25 heavy (non-hydrogen) atoms. The first-order chi connectivity index (χ1) is 12.1. The molecular formula is C17H21N5OS2. The van der Waals surface area contributed by atoms with Gasteiger partial charge in [0, 0.05) is 5.75 Å². The van der Waals surface area contributed by atoms with E-state index in [0.29, 0.717) is 21.8 Å². The lowest BCUT2D eigenvalue weighted by Gasteiger charge is -2.20. The second-order valence-electron chi connectivity index (χ2n) is 6.01. The third kappa shape index (κ3) is 4.39. The summed E-state index contributed by atoms with van der Waals surface area (Å²) in [5, 5.41) is 14.0. The number of thiazole rings is 1. The van der Waals surface area contributed by atoms with Gasteiger partial charge in [-0.25, -0.2) is 15.0 Å². The molecule has 0 spiro atoms. The van der Waals surface area contributed by atoms with Gasteiger partial charge in [0.2, 0.25) is 0 Å². The van der Waals surface area contributed by atoms with Gasteiger partial charge in [0.15, 0.2) is 21.8 Å². The van der Waals surface area contributed by atoms with Crippen molar-refractivity contribution < 1.29 is 5.11 Å². The zero-order chi connectivity index (χ0) is 17.8. The van der Waals surface area contributed by atoms with Crippen LogP contribution in [0.15, 0.2) is 35.5 Å². The molecule has 8 heteroatoms. The van der Waals surface area contributed by atoms with Crippen LogP contribution in [0.3, 0.4) is 0 Å². The quantitative estimate of drug-likeness (QED) is 0.430. The number of nitrogens with one attached hydrogen (secondary N) is 1. The number of aliphatic hydroxyl groups is 1. The average molecular weight is 376 g/mol. The maximum absolute atomic E-state index is 9.61. The van der Waals surface area contributed by atoms with Crippen LogP contribution in [0.2, 0.25) is 0 Å². The molecule has 132 valence electrons. The maximum Gasteiger partial charge on any atom is 0.191 e. The van der Waals surface area contributed by atoms with E-state index in [4.69, 9.17) is 5.73 Å². The second-order valence-corrected chi connectivity index (χ2v) is 7.98. The summed E-state index contributed by atoms with van der Waals surface area (Å²) in [5.41, 5.74) is 7.65. The predicted octanol–water partition coefficient (Wildman–Crippen LogP) is 3.39. The van der Waals surface area contributed by atoms with Gasteiger partial charge in [-0.2, -0.15) is 0 Å². The summed E-state index contributed by atoms with van der Waals surface area (Å²) in [5.74, 6) is 1.72. The zero-order valence-corrected chi connectivity index (χ0v) is 15.8. The van der Waals surface area contributed by atoms with Gasteiger partial charge in [-0.15, -0.1) is 0 Å². The number of nitrogens with two attached hydrogens (primary N) is 1. The van der Waals surface area contributed by atoms with Gasteiger partial charge < -0.3 is 16.2 Å². The van der Waals surface area contributed by atoms with E-state index in [9.17, 15) is 5.11 Å². The molecule has 1 aromatic carbocycles. The minimum atomic E-state index is -0.0894. The van der Waals surface area contributed by atoms with Gasteiger partial charge in [0.1, 0.15) is 4.70 Å². The molecule has 4 N–H and O–H groups in total. The number of fused-ring (bicyclic) bond motifs is 1. The normalized spacial score (nSPS) is 12.6. The summed E-state index contributed by atoms with van der Waals surface area (Å²) in [6.45, 7) is 4.14. The Morgan fingerprint density at radius 3 is 2.64 bits per heavy atom. The molecule has 2 heterocycles. The minimum absolute atomic E-state index is 0.0317. The van der Waals surface area contributed by atoms with E-state index in [2.05, 4.69) is 46.2 Å². The second kappa shape index (κ2) is 7.99. The van der Waals surface area contributed by atoms with E-state index >= 15 is 0 Å². The van der Waals surface area contributed by atoms with Gasteiger partial charge in [0.25, 0.3) is 0 Å². The van der Waals surface area contributed by atoms with Gasteiger partial charge >= 0.3 is 0 Å². The van der Waals surface area contributed by atoms with Crippen molar-refractivity contribution in [1.29, 1.82) is 0 Å². The Hall–Kier alpha value is -1.90. The summed E-state index contributed by atoms with van der Waals surface area (Å²) in [7, 11) is 0. The number of hydrogen-bond donors (Lipinski definition) is 3. The molecule has 0 fully saturated rings. The van der Waals surface area contributed by atoms with E-state index in [1.807, 2.05) is 18.2 Å². The molecule has 2 aromatic heterocycles. The minimum Gasteiger partial charge on any atom is -0.394 e. The molecule has 0 bridgehead atoms. The first kappa shape index (κ1) is 17.9. The van der Waals surface area contributed by atoms with E-state index in [0.717, 1.165) is 10.5 Å². The lowest BCUT2D eigenvalue weighted by molar-refractivity contribution is 0.249. The molecule has 0 saturated heterocycles.